The summed E-state index contributed by atoms with van der Waals surface area (Å²) in [4.78, 5) is 11.3. The summed E-state index contributed by atoms with van der Waals surface area (Å²) in [6, 6.07) is 3.64. The maximum atomic E-state index is 11.5. The average Bonchev–Trinajstić information content (AvgIpc) is 2.23. The highest BCUT2D eigenvalue weighted by molar-refractivity contribution is 7.89. The smallest absolute Gasteiger partial charge is 0.338 e. The van der Waals surface area contributed by atoms with Crippen molar-refractivity contribution < 1.29 is 17.9 Å². The molecule has 0 radical (unpaired) electrons. The van der Waals surface area contributed by atoms with Crippen molar-refractivity contribution in [3.05, 3.63) is 28.8 Å². The van der Waals surface area contributed by atoms with Gasteiger partial charge in [-0.05, 0) is 24.6 Å². The summed E-state index contributed by atoms with van der Waals surface area (Å²) in [5, 5.41) is 5.07. The topological polar surface area (TPSA) is 86.5 Å². The van der Waals surface area contributed by atoms with E-state index in [1.54, 1.807) is 0 Å². The fourth-order valence-corrected chi connectivity index (χ4v) is 2.01. The molecule has 1 aromatic carbocycles. The van der Waals surface area contributed by atoms with Crippen molar-refractivity contribution in [3.8, 4) is 0 Å². The van der Waals surface area contributed by atoms with Gasteiger partial charge < -0.3 is 4.74 Å². The van der Waals surface area contributed by atoms with Crippen LogP contribution in [0.1, 0.15) is 23.7 Å². The Morgan fingerprint density at radius 1 is 1.41 bits per heavy atom. The van der Waals surface area contributed by atoms with Crippen LogP contribution in [0, 0.1) is 0 Å². The van der Waals surface area contributed by atoms with E-state index >= 15 is 0 Å². The minimum absolute atomic E-state index is 0.0648. The van der Waals surface area contributed by atoms with E-state index in [1.807, 2.05) is 6.92 Å². The van der Waals surface area contributed by atoms with Crippen LogP contribution >= 0.6 is 11.6 Å². The van der Waals surface area contributed by atoms with Gasteiger partial charge >= 0.3 is 5.97 Å². The molecule has 94 valence electrons. The maximum absolute atomic E-state index is 11.5. The summed E-state index contributed by atoms with van der Waals surface area (Å²) in [7, 11) is -3.89. The number of ether oxygens (including phenoxy) is 1. The second kappa shape index (κ2) is 5.48. The number of carbonyl (C=O) groups is 1. The molecule has 0 spiro atoms. The van der Waals surface area contributed by atoms with E-state index in [2.05, 4.69) is 0 Å². The summed E-state index contributed by atoms with van der Waals surface area (Å²) < 4.78 is 27.1. The fraction of sp³-hybridized carbons (Fsp3) is 0.300. The first-order valence-corrected chi connectivity index (χ1v) is 6.77. The van der Waals surface area contributed by atoms with E-state index in [-0.39, 0.29) is 22.1 Å². The first-order chi connectivity index (χ1) is 7.84. The largest absolute Gasteiger partial charge is 0.462 e. The zero-order valence-electron chi connectivity index (χ0n) is 9.14. The number of benzene rings is 1. The number of rotatable bonds is 4. The van der Waals surface area contributed by atoms with Crippen LogP contribution in [0.3, 0.4) is 0 Å². The van der Waals surface area contributed by atoms with Gasteiger partial charge in [-0.15, -0.1) is 0 Å². The van der Waals surface area contributed by atoms with Crippen molar-refractivity contribution in [2.45, 2.75) is 18.2 Å². The Bertz CT molecular complexity index is 527. The lowest BCUT2D eigenvalue weighted by Gasteiger charge is -2.05. The van der Waals surface area contributed by atoms with Crippen molar-refractivity contribution in [1.82, 2.24) is 0 Å². The van der Waals surface area contributed by atoms with Gasteiger partial charge in [-0.25, -0.2) is 18.4 Å². The molecule has 0 fully saturated rings. The molecule has 0 bridgehead atoms. The Hall–Kier alpha value is -1.11. The second-order valence-electron chi connectivity index (χ2n) is 3.36. The van der Waals surface area contributed by atoms with Crippen LogP contribution in [0.15, 0.2) is 23.1 Å². The van der Waals surface area contributed by atoms with E-state index in [1.165, 1.54) is 12.1 Å². The van der Waals surface area contributed by atoms with Gasteiger partial charge in [-0.2, -0.15) is 0 Å². The Kier molecular flexibility index (Phi) is 4.50. The molecule has 7 heteroatoms. The third kappa shape index (κ3) is 3.99. The van der Waals surface area contributed by atoms with Crippen LogP contribution in [0.25, 0.3) is 0 Å². The van der Waals surface area contributed by atoms with Crippen molar-refractivity contribution in [3.63, 3.8) is 0 Å². The lowest BCUT2D eigenvalue weighted by atomic mass is 10.2. The van der Waals surface area contributed by atoms with Crippen LogP contribution in [0.5, 0.6) is 0 Å². The average molecular weight is 278 g/mol. The van der Waals surface area contributed by atoms with E-state index in [0.717, 1.165) is 6.07 Å². The predicted molar refractivity (Wildman–Crippen MR) is 63.4 cm³/mol. The normalized spacial score (nSPS) is 11.2. The van der Waals surface area contributed by atoms with E-state index < -0.39 is 16.0 Å². The minimum Gasteiger partial charge on any atom is -0.462 e. The molecule has 0 aliphatic rings. The fourth-order valence-electron chi connectivity index (χ4n) is 1.12. The van der Waals surface area contributed by atoms with Crippen molar-refractivity contribution in [1.29, 1.82) is 0 Å². The Morgan fingerprint density at radius 2 is 2.06 bits per heavy atom. The highest BCUT2D eigenvalue weighted by Gasteiger charge is 2.14. The summed E-state index contributed by atoms with van der Waals surface area (Å²) >= 11 is 5.71. The molecule has 0 saturated heterocycles. The van der Waals surface area contributed by atoms with Crippen molar-refractivity contribution in [2.75, 3.05) is 6.61 Å². The number of esters is 1. The maximum Gasteiger partial charge on any atom is 0.338 e. The molecular formula is C10H12ClNO4S. The summed E-state index contributed by atoms with van der Waals surface area (Å²) in [5.41, 5.74) is 0.0648. The number of hydrogen-bond acceptors (Lipinski definition) is 4. The molecule has 0 saturated carbocycles. The standard InChI is InChI=1S/C10H12ClNO4S/c1-2-3-16-10(13)7-4-8(11)6-9(5-7)17(12,14)15/h4-6H,2-3H2,1H3,(H2,12,14,15). The number of primary sulfonamides is 1. The van der Waals surface area contributed by atoms with Crippen LogP contribution < -0.4 is 5.14 Å². The number of hydrogen-bond donors (Lipinski definition) is 1. The molecule has 1 rings (SSSR count). The molecule has 0 aliphatic heterocycles. The van der Waals surface area contributed by atoms with Crippen LogP contribution in [0.4, 0.5) is 0 Å². The zero-order valence-corrected chi connectivity index (χ0v) is 10.7. The molecular weight excluding hydrogens is 266 g/mol. The number of nitrogens with two attached hydrogens (primary N) is 1. The highest BCUT2D eigenvalue weighted by Crippen LogP contribution is 2.18. The van der Waals surface area contributed by atoms with Crippen molar-refractivity contribution >= 4 is 27.6 Å². The van der Waals surface area contributed by atoms with E-state index in [4.69, 9.17) is 21.5 Å². The molecule has 0 amide bonds. The van der Waals surface area contributed by atoms with Gasteiger partial charge in [0.1, 0.15) is 0 Å². The van der Waals surface area contributed by atoms with Gasteiger partial charge in [0.25, 0.3) is 0 Å². The predicted octanol–water partition coefficient (Wildman–Crippen LogP) is 1.55. The van der Waals surface area contributed by atoms with Crippen molar-refractivity contribution in [2.24, 2.45) is 5.14 Å². The molecule has 0 atom stereocenters. The van der Waals surface area contributed by atoms with Gasteiger partial charge in [-0.1, -0.05) is 18.5 Å². The third-order valence-corrected chi connectivity index (χ3v) is 2.98. The minimum atomic E-state index is -3.89. The van der Waals surface area contributed by atoms with E-state index in [0.29, 0.717) is 6.42 Å². The first kappa shape index (κ1) is 14.0. The lowest BCUT2D eigenvalue weighted by molar-refractivity contribution is 0.0505. The van der Waals surface area contributed by atoms with Gasteiger partial charge in [0.2, 0.25) is 10.0 Å². The SMILES string of the molecule is CCCOC(=O)c1cc(Cl)cc(S(N)(=O)=O)c1. The Balaban J connectivity index is 3.10. The molecule has 0 aromatic heterocycles. The quantitative estimate of drug-likeness (QED) is 0.846. The Labute approximate surface area is 105 Å². The van der Waals surface area contributed by atoms with Gasteiger partial charge in [0.15, 0.2) is 0 Å². The zero-order chi connectivity index (χ0) is 13.1. The van der Waals surface area contributed by atoms with Crippen LogP contribution in [-0.4, -0.2) is 21.0 Å². The highest BCUT2D eigenvalue weighted by atomic mass is 35.5. The molecule has 1 aromatic rings. The summed E-state index contributed by atoms with van der Waals surface area (Å²) in [5.74, 6) is -0.626. The summed E-state index contributed by atoms with van der Waals surface area (Å²) in [6.07, 6.45) is 0.675. The van der Waals surface area contributed by atoms with Crippen LogP contribution in [-0.2, 0) is 14.8 Å². The van der Waals surface area contributed by atoms with Gasteiger partial charge in [0, 0.05) is 5.02 Å². The second-order valence-corrected chi connectivity index (χ2v) is 5.35. The monoisotopic (exact) mass is 277 g/mol. The van der Waals surface area contributed by atoms with Gasteiger partial charge in [-0.3, -0.25) is 0 Å². The van der Waals surface area contributed by atoms with Gasteiger partial charge in [0.05, 0.1) is 17.1 Å². The molecule has 5 nitrogen and oxygen atoms in total. The molecule has 0 unspecified atom stereocenters. The first-order valence-electron chi connectivity index (χ1n) is 4.85. The number of sulfonamides is 1. The molecule has 2 N–H and O–H groups in total. The molecule has 17 heavy (non-hydrogen) atoms. The number of carbonyl (C=O) groups excluding carboxylic acids is 1. The lowest BCUT2D eigenvalue weighted by Crippen LogP contribution is -2.14. The Morgan fingerprint density at radius 3 is 2.59 bits per heavy atom. The van der Waals surface area contributed by atoms with Crippen LogP contribution in [0.2, 0.25) is 5.02 Å². The molecule has 0 heterocycles. The third-order valence-electron chi connectivity index (χ3n) is 1.87. The summed E-state index contributed by atoms with van der Waals surface area (Å²) in [6.45, 7) is 2.11. The van der Waals surface area contributed by atoms with E-state index in [9.17, 15) is 13.2 Å². The number of halogens is 1. The molecule has 0 aliphatic carbocycles.